The maximum atomic E-state index is 12.0. The van der Waals surface area contributed by atoms with Crippen molar-refractivity contribution in [2.75, 3.05) is 19.0 Å². The summed E-state index contributed by atoms with van der Waals surface area (Å²) in [7, 11) is 3.27. The van der Waals surface area contributed by atoms with E-state index in [4.69, 9.17) is 27.9 Å². The van der Waals surface area contributed by atoms with Gasteiger partial charge in [0.2, 0.25) is 0 Å². The second-order valence-corrected chi connectivity index (χ2v) is 6.50. The second kappa shape index (κ2) is 7.07. The van der Waals surface area contributed by atoms with Gasteiger partial charge in [-0.05, 0) is 19.1 Å². The van der Waals surface area contributed by atoms with E-state index >= 15 is 0 Å². The third-order valence-electron chi connectivity index (χ3n) is 4.14. The fourth-order valence-corrected chi connectivity index (χ4v) is 3.28. The summed E-state index contributed by atoms with van der Waals surface area (Å²) in [5.74, 6) is 0. The summed E-state index contributed by atoms with van der Waals surface area (Å²) < 4.78 is 8.44. The topological polar surface area (TPSA) is 61.1 Å². The summed E-state index contributed by atoms with van der Waals surface area (Å²) in [6.45, 7) is 3.03. The van der Waals surface area contributed by atoms with Crippen LogP contribution in [0, 0.1) is 6.92 Å². The number of aromatic nitrogens is 3. The van der Waals surface area contributed by atoms with Crippen molar-refractivity contribution in [1.29, 1.82) is 0 Å². The third-order valence-corrected chi connectivity index (χ3v) is 4.83. The lowest BCUT2D eigenvalue weighted by atomic mass is 10.2. The van der Waals surface area contributed by atoms with E-state index in [0.29, 0.717) is 40.1 Å². The number of nitrogens with zero attached hydrogens (tertiary/aromatic N) is 3. The number of nitrogens with one attached hydrogen (secondary N) is 1. The zero-order valence-corrected chi connectivity index (χ0v) is 15.6. The van der Waals surface area contributed by atoms with Gasteiger partial charge in [0, 0.05) is 37.8 Å². The highest BCUT2D eigenvalue weighted by molar-refractivity contribution is 6.43. The molecule has 1 N–H and O–H groups in total. The molecular formula is C17H18Cl2N4O2. The number of rotatable bonds is 5. The quantitative estimate of drug-likeness (QED) is 0.732. The van der Waals surface area contributed by atoms with E-state index in [1.807, 2.05) is 22.9 Å². The van der Waals surface area contributed by atoms with Crippen LogP contribution in [0.4, 0.5) is 11.4 Å². The van der Waals surface area contributed by atoms with Gasteiger partial charge in [0.05, 0.1) is 39.7 Å². The minimum absolute atomic E-state index is 0.177. The molecule has 0 unspecified atom stereocenters. The molecule has 0 aliphatic heterocycles. The lowest BCUT2D eigenvalue weighted by molar-refractivity contribution is 0.188. The molecule has 2 aromatic heterocycles. The largest absolute Gasteiger partial charge is 0.383 e. The fraction of sp³-hybridized carbons (Fsp3) is 0.294. The Morgan fingerprint density at radius 2 is 2.12 bits per heavy atom. The van der Waals surface area contributed by atoms with Gasteiger partial charge in [-0.15, -0.1) is 0 Å². The molecular weight excluding hydrogens is 363 g/mol. The highest BCUT2D eigenvalue weighted by atomic mass is 35.5. The average Bonchev–Trinajstić information content (AvgIpc) is 2.99. The highest BCUT2D eigenvalue weighted by Gasteiger charge is 2.15. The van der Waals surface area contributed by atoms with Gasteiger partial charge in [0.15, 0.2) is 0 Å². The number of halogens is 2. The number of fused-ring (bicyclic) bond motifs is 1. The Bertz CT molecular complexity index is 994. The molecule has 0 saturated heterocycles. The van der Waals surface area contributed by atoms with Gasteiger partial charge in [-0.25, -0.2) is 4.68 Å². The number of methoxy groups -OCH3 is 1. The predicted octanol–water partition coefficient (Wildman–Crippen LogP) is 3.74. The van der Waals surface area contributed by atoms with Gasteiger partial charge in [-0.2, -0.15) is 5.10 Å². The van der Waals surface area contributed by atoms with Crippen LogP contribution in [-0.2, 0) is 18.3 Å². The van der Waals surface area contributed by atoms with Crippen LogP contribution in [0.3, 0.4) is 0 Å². The first-order valence-electron chi connectivity index (χ1n) is 7.69. The van der Waals surface area contributed by atoms with E-state index in [1.54, 1.807) is 27.3 Å². The minimum Gasteiger partial charge on any atom is -0.383 e. The van der Waals surface area contributed by atoms with Crippen LogP contribution in [0.1, 0.15) is 5.56 Å². The molecule has 0 amide bonds. The first-order valence-corrected chi connectivity index (χ1v) is 8.45. The average molecular weight is 381 g/mol. The first-order chi connectivity index (χ1) is 11.9. The van der Waals surface area contributed by atoms with Gasteiger partial charge in [-0.3, -0.25) is 4.79 Å². The van der Waals surface area contributed by atoms with E-state index in [9.17, 15) is 4.79 Å². The SMILES string of the molecule is COCCn1ccc2c(Cl)c(Nc3cnn(C)c(=O)c3C)c(Cl)cc21. The number of aryl methyl sites for hydroxylation is 1. The van der Waals surface area contributed by atoms with Crippen LogP contribution in [0.25, 0.3) is 10.9 Å². The lowest BCUT2D eigenvalue weighted by Gasteiger charge is -2.14. The Kier molecular flexibility index (Phi) is 5.03. The van der Waals surface area contributed by atoms with Crippen molar-refractivity contribution in [3.63, 3.8) is 0 Å². The summed E-state index contributed by atoms with van der Waals surface area (Å²) in [4.78, 5) is 12.0. The molecule has 0 atom stereocenters. The third kappa shape index (κ3) is 3.25. The molecule has 0 aliphatic rings. The van der Waals surface area contributed by atoms with Crippen molar-refractivity contribution in [3.8, 4) is 0 Å². The smallest absolute Gasteiger partial charge is 0.271 e. The van der Waals surface area contributed by atoms with Crippen LogP contribution in [0.2, 0.25) is 10.0 Å². The van der Waals surface area contributed by atoms with Gasteiger partial charge in [-0.1, -0.05) is 23.2 Å². The molecule has 3 aromatic rings. The van der Waals surface area contributed by atoms with Gasteiger partial charge in [0.25, 0.3) is 5.56 Å². The van der Waals surface area contributed by atoms with Crippen LogP contribution in [0.5, 0.6) is 0 Å². The maximum Gasteiger partial charge on any atom is 0.271 e. The van der Waals surface area contributed by atoms with E-state index < -0.39 is 0 Å². The molecule has 0 aliphatic carbocycles. The zero-order valence-electron chi connectivity index (χ0n) is 14.1. The molecule has 0 radical (unpaired) electrons. The zero-order chi connectivity index (χ0) is 18.1. The highest BCUT2D eigenvalue weighted by Crippen LogP contribution is 2.39. The minimum atomic E-state index is -0.177. The molecule has 2 heterocycles. The number of benzene rings is 1. The molecule has 8 heteroatoms. The maximum absolute atomic E-state index is 12.0. The molecule has 6 nitrogen and oxygen atoms in total. The van der Waals surface area contributed by atoms with E-state index in [-0.39, 0.29) is 5.56 Å². The van der Waals surface area contributed by atoms with Crippen molar-refractivity contribution in [2.24, 2.45) is 7.05 Å². The Morgan fingerprint density at radius 3 is 2.84 bits per heavy atom. The first kappa shape index (κ1) is 17.8. The van der Waals surface area contributed by atoms with Crippen LogP contribution in [0.15, 0.2) is 29.3 Å². The summed E-state index contributed by atoms with van der Waals surface area (Å²) in [5, 5.41) is 9.02. The summed E-state index contributed by atoms with van der Waals surface area (Å²) in [5.41, 5.74) is 2.42. The molecule has 132 valence electrons. The van der Waals surface area contributed by atoms with Crippen molar-refractivity contribution in [1.82, 2.24) is 14.3 Å². The summed E-state index contributed by atoms with van der Waals surface area (Å²) in [6.07, 6.45) is 3.53. The Morgan fingerprint density at radius 1 is 1.36 bits per heavy atom. The van der Waals surface area contributed by atoms with E-state index in [2.05, 4.69) is 10.4 Å². The van der Waals surface area contributed by atoms with Crippen LogP contribution >= 0.6 is 23.2 Å². The number of ether oxygens (including phenoxy) is 1. The van der Waals surface area contributed by atoms with Crippen LogP contribution in [-0.4, -0.2) is 28.1 Å². The second-order valence-electron chi connectivity index (χ2n) is 5.72. The van der Waals surface area contributed by atoms with Crippen LogP contribution < -0.4 is 10.9 Å². The Balaban J connectivity index is 2.06. The fourth-order valence-electron chi connectivity index (χ4n) is 2.67. The number of hydrogen-bond acceptors (Lipinski definition) is 4. The standard InChI is InChI=1S/C17H18Cl2N4O2/c1-10-13(9-20-22(2)17(10)24)21-16-12(18)8-14-11(15(16)19)4-5-23(14)6-7-25-3/h4-5,8-9,21H,6-7H2,1-3H3. The number of hydrogen-bond donors (Lipinski definition) is 1. The van der Waals surface area contributed by atoms with Gasteiger partial charge >= 0.3 is 0 Å². The molecule has 0 saturated carbocycles. The van der Waals surface area contributed by atoms with Crippen molar-refractivity contribution in [2.45, 2.75) is 13.5 Å². The lowest BCUT2D eigenvalue weighted by Crippen LogP contribution is -2.22. The molecule has 25 heavy (non-hydrogen) atoms. The molecule has 0 bridgehead atoms. The molecule has 0 fully saturated rings. The van der Waals surface area contributed by atoms with Crippen molar-refractivity contribution in [3.05, 3.63) is 50.5 Å². The van der Waals surface area contributed by atoms with E-state index in [0.717, 1.165) is 10.9 Å². The molecule has 3 rings (SSSR count). The Labute approximate surface area is 154 Å². The van der Waals surface area contributed by atoms with E-state index in [1.165, 1.54) is 4.68 Å². The normalized spacial score (nSPS) is 11.2. The summed E-state index contributed by atoms with van der Waals surface area (Å²) >= 11 is 13.0. The molecule has 1 aromatic carbocycles. The van der Waals surface area contributed by atoms with Gasteiger partial charge < -0.3 is 14.6 Å². The van der Waals surface area contributed by atoms with Crippen molar-refractivity contribution >= 4 is 45.5 Å². The number of anilines is 2. The molecule has 0 spiro atoms. The predicted molar refractivity (Wildman–Crippen MR) is 101 cm³/mol. The summed E-state index contributed by atoms with van der Waals surface area (Å²) in [6, 6.07) is 3.79. The Hall–Kier alpha value is -2.02. The van der Waals surface area contributed by atoms with Crippen molar-refractivity contribution < 1.29 is 4.74 Å². The monoisotopic (exact) mass is 380 g/mol. The van der Waals surface area contributed by atoms with Gasteiger partial charge in [0.1, 0.15) is 0 Å².